The van der Waals surface area contributed by atoms with Gasteiger partial charge in [0.2, 0.25) is 0 Å². The zero-order valence-electron chi connectivity index (χ0n) is 7.37. The number of allylic oxidation sites excluding steroid dienone is 1. The Morgan fingerprint density at radius 3 is 2.57 bits per heavy atom. The first-order chi connectivity index (χ1) is 6.61. The summed E-state index contributed by atoms with van der Waals surface area (Å²) in [6.45, 7) is 2.93. The van der Waals surface area contributed by atoms with Crippen molar-refractivity contribution in [2.45, 2.75) is 6.42 Å². The third-order valence-electron chi connectivity index (χ3n) is 1.82. The van der Waals surface area contributed by atoms with E-state index in [1.807, 2.05) is 5.32 Å². The predicted octanol–water partition coefficient (Wildman–Crippen LogP) is -0.923. The molecule has 0 radical (unpaired) electrons. The highest BCUT2D eigenvalue weighted by molar-refractivity contribution is 6.34. The van der Waals surface area contributed by atoms with Gasteiger partial charge < -0.3 is 5.11 Å². The van der Waals surface area contributed by atoms with Crippen LogP contribution in [-0.4, -0.2) is 29.3 Å². The molecule has 0 aromatic heterocycles. The van der Waals surface area contributed by atoms with Crippen molar-refractivity contribution in [3.63, 3.8) is 0 Å². The lowest BCUT2D eigenvalue weighted by Crippen LogP contribution is -2.24. The fourth-order valence-corrected chi connectivity index (χ4v) is 1.20. The molecule has 0 saturated carbocycles. The molecule has 2 N–H and O–H groups in total. The van der Waals surface area contributed by atoms with E-state index in [0.717, 1.165) is 6.08 Å². The minimum atomic E-state index is -0.719. The van der Waals surface area contributed by atoms with Gasteiger partial charge in [-0.25, -0.2) is 0 Å². The van der Waals surface area contributed by atoms with Gasteiger partial charge in [-0.2, -0.15) is 0 Å². The molecule has 0 bridgehead atoms. The molecule has 1 heterocycles. The summed E-state index contributed by atoms with van der Waals surface area (Å²) in [4.78, 5) is 33.4. The largest absolute Gasteiger partial charge is 0.396 e. The van der Waals surface area contributed by atoms with Gasteiger partial charge in [-0.05, 0) is 6.08 Å². The first-order valence-corrected chi connectivity index (χ1v) is 3.98. The smallest absolute Gasteiger partial charge is 0.262 e. The van der Waals surface area contributed by atoms with E-state index in [9.17, 15) is 14.4 Å². The second-order valence-corrected chi connectivity index (χ2v) is 2.68. The summed E-state index contributed by atoms with van der Waals surface area (Å²) in [5.74, 6) is -1.94. The van der Waals surface area contributed by atoms with Gasteiger partial charge in [0.05, 0.1) is 5.57 Å². The van der Waals surface area contributed by atoms with Crippen molar-refractivity contribution in [1.82, 2.24) is 5.32 Å². The molecule has 1 aliphatic heterocycles. The van der Waals surface area contributed by atoms with Crippen molar-refractivity contribution in [2.75, 3.05) is 6.61 Å². The SMILES string of the molecule is C=CC(=O)C1=C(CCO)C(=O)NC1=O. The van der Waals surface area contributed by atoms with E-state index >= 15 is 0 Å². The molecular weight excluding hydrogens is 186 g/mol. The Kier molecular flexibility index (Phi) is 2.93. The molecule has 5 heteroatoms. The van der Waals surface area contributed by atoms with Gasteiger partial charge in [-0.15, -0.1) is 0 Å². The van der Waals surface area contributed by atoms with Crippen LogP contribution in [0.2, 0.25) is 0 Å². The highest BCUT2D eigenvalue weighted by Crippen LogP contribution is 2.16. The lowest BCUT2D eigenvalue weighted by molar-refractivity contribution is -0.124. The number of carbonyl (C=O) groups excluding carboxylic acids is 3. The molecule has 74 valence electrons. The first kappa shape index (κ1) is 10.3. The van der Waals surface area contributed by atoms with Crippen LogP contribution in [0.1, 0.15) is 6.42 Å². The molecule has 0 unspecified atom stereocenters. The van der Waals surface area contributed by atoms with Crippen molar-refractivity contribution in [3.05, 3.63) is 23.8 Å². The van der Waals surface area contributed by atoms with Crippen LogP contribution < -0.4 is 5.32 Å². The Morgan fingerprint density at radius 1 is 1.43 bits per heavy atom. The molecule has 0 aromatic carbocycles. The third-order valence-corrected chi connectivity index (χ3v) is 1.82. The van der Waals surface area contributed by atoms with Gasteiger partial charge in [0.15, 0.2) is 5.78 Å². The fraction of sp³-hybridized carbons (Fsp3) is 0.222. The topological polar surface area (TPSA) is 83.5 Å². The predicted molar refractivity (Wildman–Crippen MR) is 47.1 cm³/mol. The maximum Gasteiger partial charge on any atom is 0.262 e. The van der Waals surface area contributed by atoms with Crippen molar-refractivity contribution < 1.29 is 19.5 Å². The van der Waals surface area contributed by atoms with Crippen LogP contribution in [0.3, 0.4) is 0 Å². The van der Waals surface area contributed by atoms with Crippen LogP contribution in [0.5, 0.6) is 0 Å². The number of amides is 2. The molecule has 0 aliphatic carbocycles. The van der Waals surface area contributed by atoms with E-state index in [0.29, 0.717) is 0 Å². The maximum absolute atomic E-state index is 11.2. The van der Waals surface area contributed by atoms with E-state index in [1.165, 1.54) is 0 Å². The van der Waals surface area contributed by atoms with Gasteiger partial charge in [-0.1, -0.05) is 6.58 Å². The van der Waals surface area contributed by atoms with Crippen LogP contribution in [0.25, 0.3) is 0 Å². The number of carbonyl (C=O) groups is 3. The fourth-order valence-electron chi connectivity index (χ4n) is 1.20. The Labute approximate surface area is 80.1 Å². The standard InChI is InChI=1S/C9H9NO4/c1-2-6(12)7-5(3-4-11)8(13)10-9(7)14/h2,11H,1,3-4H2,(H,10,13,14). The van der Waals surface area contributed by atoms with Crippen molar-refractivity contribution in [2.24, 2.45) is 0 Å². The molecule has 0 fully saturated rings. The number of hydrogen-bond acceptors (Lipinski definition) is 4. The Bertz CT molecular complexity index is 354. The molecule has 0 aromatic rings. The summed E-state index contributed by atoms with van der Waals surface area (Å²) in [7, 11) is 0. The molecule has 1 rings (SSSR count). The van der Waals surface area contributed by atoms with Gasteiger partial charge in [0, 0.05) is 18.6 Å². The summed E-state index contributed by atoms with van der Waals surface area (Å²) in [6.07, 6.45) is 0.956. The number of aliphatic hydroxyl groups is 1. The van der Waals surface area contributed by atoms with Gasteiger partial charge >= 0.3 is 0 Å². The highest BCUT2D eigenvalue weighted by atomic mass is 16.3. The second kappa shape index (κ2) is 3.97. The summed E-state index contributed by atoms with van der Waals surface area (Å²) >= 11 is 0. The van der Waals surface area contributed by atoms with E-state index in [1.54, 1.807) is 0 Å². The monoisotopic (exact) mass is 195 g/mol. The molecule has 5 nitrogen and oxygen atoms in total. The number of aliphatic hydroxyl groups excluding tert-OH is 1. The van der Waals surface area contributed by atoms with Crippen LogP contribution in [-0.2, 0) is 14.4 Å². The summed E-state index contributed by atoms with van der Waals surface area (Å²) in [5.41, 5.74) is -0.179. The van der Waals surface area contributed by atoms with Crippen molar-refractivity contribution in [1.29, 1.82) is 0 Å². The number of hydrogen-bond donors (Lipinski definition) is 2. The van der Waals surface area contributed by atoms with Gasteiger partial charge in [0.25, 0.3) is 11.8 Å². The normalized spacial score (nSPS) is 15.8. The van der Waals surface area contributed by atoms with Crippen molar-refractivity contribution in [3.8, 4) is 0 Å². The summed E-state index contributed by atoms with van der Waals surface area (Å²) in [6, 6.07) is 0. The molecule has 1 aliphatic rings. The Morgan fingerprint density at radius 2 is 2.07 bits per heavy atom. The van der Waals surface area contributed by atoms with Crippen LogP contribution in [0.15, 0.2) is 23.8 Å². The average molecular weight is 195 g/mol. The molecule has 0 spiro atoms. The lowest BCUT2D eigenvalue weighted by Gasteiger charge is -1.96. The maximum atomic E-state index is 11.2. The molecule has 2 amide bonds. The molecular formula is C9H9NO4. The Hall–Kier alpha value is -1.75. The third kappa shape index (κ3) is 1.62. The van der Waals surface area contributed by atoms with Crippen LogP contribution in [0.4, 0.5) is 0 Å². The Balaban J connectivity index is 3.14. The summed E-state index contributed by atoms with van der Waals surface area (Å²) < 4.78 is 0. The number of rotatable bonds is 4. The van der Waals surface area contributed by atoms with Crippen LogP contribution >= 0.6 is 0 Å². The number of nitrogens with one attached hydrogen (secondary N) is 1. The number of imide groups is 1. The van der Waals surface area contributed by atoms with Gasteiger partial charge in [0.1, 0.15) is 0 Å². The molecule has 0 saturated heterocycles. The number of ketones is 1. The van der Waals surface area contributed by atoms with E-state index in [-0.39, 0.29) is 24.2 Å². The van der Waals surface area contributed by atoms with E-state index < -0.39 is 17.6 Å². The minimum Gasteiger partial charge on any atom is -0.396 e. The quantitative estimate of drug-likeness (QED) is 0.345. The molecule has 0 atom stereocenters. The van der Waals surface area contributed by atoms with Gasteiger partial charge in [-0.3, -0.25) is 19.7 Å². The zero-order chi connectivity index (χ0) is 10.7. The second-order valence-electron chi connectivity index (χ2n) is 2.68. The first-order valence-electron chi connectivity index (χ1n) is 3.98. The summed E-state index contributed by atoms with van der Waals surface area (Å²) in [5, 5.41) is 10.6. The average Bonchev–Trinajstić information content (AvgIpc) is 2.42. The lowest BCUT2D eigenvalue weighted by atomic mass is 10.0. The zero-order valence-corrected chi connectivity index (χ0v) is 7.37. The van der Waals surface area contributed by atoms with E-state index in [2.05, 4.69) is 6.58 Å². The molecule has 14 heavy (non-hydrogen) atoms. The van der Waals surface area contributed by atoms with Crippen LogP contribution in [0, 0.1) is 0 Å². The highest BCUT2D eigenvalue weighted by Gasteiger charge is 2.32. The minimum absolute atomic E-state index is 0.00745. The van der Waals surface area contributed by atoms with E-state index in [4.69, 9.17) is 5.11 Å². The van der Waals surface area contributed by atoms with Crippen molar-refractivity contribution >= 4 is 17.6 Å².